The van der Waals surface area contributed by atoms with E-state index in [0.29, 0.717) is 0 Å². The summed E-state index contributed by atoms with van der Waals surface area (Å²) < 4.78 is 6.55. The van der Waals surface area contributed by atoms with Crippen molar-refractivity contribution >= 4 is 21.6 Å². The van der Waals surface area contributed by atoms with Gasteiger partial charge in [0.1, 0.15) is 11.3 Å². The number of methoxy groups -OCH3 is 1. The van der Waals surface area contributed by atoms with Gasteiger partial charge in [-0.1, -0.05) is 6.92 Å². The molecule has 0 bridgehead atoms. The normalized spacial score (nSPS) is 10.8. The Bertz CT molecular complexity index is 462. The number of fused-ring (bicyclic) bond motifs is 1. The lowest BCUT2D eigenvalue weighted by molar-refractivity contribution is 0.418. The first-order valence-electron chi connectivity index (χ1n) is 4.68. The monoisotopic (exact) mass is 207 g/mol. The minimum atomic E-state index is 0.892. The molecule has 2 aromatic rings. The molecule has 0 saturated carbocycles. The van der Waals surface area contributed by atoms with Crippen molar-refractivity contribution < 1.29 is 4.74 Å². The molecule has 0 aliphatic heterocycles. The Kier molecular flexibility index (Phi) is 2.42. The first-order chi connectivity index (χ1) is 6.74. The Balaban J connectivity index is 2.72. The van der Waals surface area contributed by atoms with Crippen LogP contribution >= 0.6 is 11.3 Å². The second-order valence-electron chi connectivity index (χ2n) is 3.23. The van der Waals surface area contributed by atoms with E-state index < -0.39 is 0 Å². The van der Waals surface area contributed by atoms with Gasteiger partial charge >= 0.3 is 0 Å². The predicted octanol–water partition coefficient (Wildman–Crippen LogP) is 3.18. The van der Waals surface area contributed by atoms with E-state index in [9.17, 15) is 0 Å². The number of rotatable bonds is 2. The summed E-state index contributed by atoms with van der Waals surface area (Å²) in [7, 11) is 1.70. The molecule has 3 heteroatoms. The highest BCUT2D eigenvalue weighted by Crippen LogP contribution is 2.31. The SMILES string of the molecule is CCc1cc(OC)c2nc(C)sc2c1. The van der Waals surface area contributed by atoms with Gasteiger partial charge in [-0.2, -0.15) is 0 Å². The van der Waals surface area contributed by atoms with Crippen LogP contribution in [0.3, 0.4) is 0 Å². The Morgan fingerprint density at radius 3 is 2.86 bits per heavy atom. The number of hydrogen-bond acceptors (Lipinski definition) is 3. The summed E-state index contributed by atoms with van der Waals surface area (Å²) >= 11 is 1.72. The van der Waals surface area contributed by atoms with Gasteiger partial charge < -0.3 is 4.74 Å². The average molecular weight is 207 g/mol. The molecule has 1 aromatic carbocycles. The Hall–Kier alpha value is -1.09. The van der Waals surface area contributed by atoms with Crippen molar-refractivity contribution in [1.82, 2.24) is 4.98 Å². The second kappa shape index (κ2) is 3.58. The van der Waals surface area contributed by atoms with Crippen molar-refractivity contribution in [3.8, 4) is 5.75 Å². The number of hydrogen-bond donors (Lipinski definition) is 0. The van der Waals surface area contributed by atoms with E-state index in [-0.39, 0.29) is 0 Å². The average Bonchev–Trinajstić information content (AvgIpc) is 2.56. The maximum absolute atomic E-state index is 5.33. The maximum atomic E-state index is 5.33. The second-order valence-corrected chi connectivity index (χ2v) is 4.47. The zero-order chi connectivity index (χ0) is 10.1. The number of ether oxygens (including phenoxy) is 1. The van der Waals surface area contributed by atoms with Gasteiger partial charge in [0.05, 0.1) is 16.8 Å². The molecule has 1 heterocycles. The van der Waals surface area contributed by atoms with Crippen LogP contribution in [0, 0.1) is 6.92 Å². The van der Waals surface area contributed by atoms with E-state index in [1.54, 1.807) is 18.4 Å². The maximum Gasteiger partial charge on any atom is 0.146 e. The van der Waals surface area contributed by atoms with E-state index in [2.05, 4.69) is 24.0 Å². The van der Waals surface area contributed by atoms with Gasteiger partial charge in [-0.25, -0.2) is 4.98 Å². The fraction of sp³-hybridized carbons (Fsp3) is 0.364. The summed E-state index contributed by atoms with van der Waals surface area (Å²) in [5.41, 5.74) is 2.30. The quantitative estimate of drug-likeness (QED) is 0.754. The van der Waals surface area contributed by atoms with E-state index >= 15 is 0 Å². The van der Waals surface area contributed by atoms with Gasteiger partial charge in [0.15, 0.2) is 0 Å². The van der Waals surface area contributed by atoms with E-state index in [1.807, 2.05) is 6.92 Å². The molecule has 0 unspecified atom stereocenters. The summed E-state index contributed by atoms with van der Waals surface area (Å²) in [6.07, 6.45) is 1.03. The summed E-state index contributed by atoms with van der Waals surface area (Å²) in [5, 5.41) is 1.09. The van der Waals surface area contributed by atoms with Crippen LogP contribution in [-0.4, -0.2) is 12.1 Å². The predicted molar refractivity (Wildman–Crippen MR) is 60.3 cm³/mol. The van der Waals surface area contributed by atoms with E-state index in [4.69, 9.17) is 4.74 Å². The van der Waals surface area contributed by atoms with Crippen molar-refractivity contribution in [2.75, 3.05) is 7.11 Å². The Labute approximate surface area is 87.5 Å². The third-order valence-corrected chi connectivity index (χ3v) is 3.17. The van der Waals surface area contributed by atoms with Gasteiger partial charge in [-0.3, -0.25) is 0 Å². The molecule has 0 aliphatic rings. The van der Waals surface area contributed by atoms with Gasteiger partial charge in [0.2, 0.25) is 0 Å². The summed E-state index contributed by atoms with van der Waals surface area (Å²) in [6, 6.07) is 4.27. The van der Waals surface area contributed by atoms with Gasteiger partial charge in [-0.05, 0) is 31.0 Å². The number of benzene rings is 1. The first-order valence-corrected chi connectivity index (χ1v) is 5.50. The van der Waals surface area contributed by atoms with Gasteiger partial charge in [0, 0.05) is 0 Å². The number of aryl methyl sites for hydroxylation is 2. The third-order valence-electron chi connectivity index (χ3n) is 2.25. The minimum Gasteiger partial charge on any atom is -0.494 e. The van der Waals surface area contributed by atoms with Crippen molar-refractivity contribution in [3.05, 3.63) is 22.7 Å². The third kappa shape index (κ3) is 1.48. The lowest BCUT2D eigenvalue weighted by Gasteiger charge is -2.03. The molecule has 0 atom stereocenters. The van der Waals surface area contributed by atoms with Crippen LogP contribution < -0.4 is 4.74 Å². The van der Waals surface area contributed by atoms with Crippen LogP contribution in [-0.2, 0) is 6.42 Å². The summed E-state index contributed by atoms with van der Waals surface area (Å²) in [4.78, 5) is 4.45. The number of nitrogens with zero attached hydrogens (tertiary/aromatic N) is 1. The molecule has 0 radical (unpaired) electrons. The van der Waals surface area contributed by atoms with Gasteiger partial charge in [0.25, 0.3) is 0 Å². The molecular formula is C11H13NOS. The molecule has 2 rings (SSSR count). The van der Waals surface area contributed by atoms with Crippen LogP contribution in [0.25, 0.3) is 10.2 Å². The molecule has 14 heavy (non-hydrogen) atoms. The lowest BCUT2D eigenvalue weighted by atomic mass is 10.1. The van der Waals surface area contributed by atoms with Crippen molar-refractivity contribution in [2.45, 2.75) is 20.3 Å². The zero-order valence-electron chi connectivity index (χ0n) is 8.63. The highest BCUT2D eigenvalue weighted by molar-refractivity contribution is 7.18. The van der Waals surface area contributed by atoms with Crippen molar-refractivity contribution in [2.24, 2.45) is 0 Å². The molecule has 2 nitrogen and oxygen atoms in total. The molecule has 0 fully saturated rings. The fourth-order valence-electron chi connectivity index (χ4n) is 1.52. The summed E-state index contributed by atoms with van der Waals surface area (Å²) in [6.45, 7) is 4.17. The molecular weight excluding hydrogens is 194 g/mol. The lowest BCUT2D eigenvalue weighted by Crippen LogP contribution is -1.87. The van der Waals surface area contributed by atoms with Crippen molar-refractivity contribution in [3.63, 3.8) is 0 Å². The zero-order valence-corrected chi connectivity index (χ0v) is 9.44. The van der Waals surface area contributed by atoms with Crippen LogP contribution in [0.1, 0.15) is 17.5 Å². The molecule has 0 N–H and O–H groups in total. The standard InChI is InChI=1S/C11H13NOS/c1-4-8-5-9(13-3)11-10(6-8)14-7(2)12-11/h5-6H,4H2,1-3H3. The van der Waals surface area contributed by atoms with Crippen LogP contribution in [0.15, 0.2) is 12.1 Å². The Morgan fingerprint density at radius 2 is 2.21 bits per heavy atom. The molecule has 0 amide bonds. The van der Waals surface area contributed by atoms with Crippen LogP contribution in [0.5, 0.6) is 5.75 Å². The smallest absolute Gasteiger partial charge is 0.146 e. The van der Waals surface area contributed by atoms with Crippen LogP contribution in [0.4, 0.5) is 0 Å². The molecule has 0 saturated heterocycles. The molecule has 0 aliphatic carbocycles. The highest BCUT2D eigenvalue weighted by Gasteiger charge is 2.07. The largest absolute Gasteiger partial charge is 0.494 e. The van der Waals surface area contributed by atoms with E-state index in [1.165, 1.54) is 10.3 Å². The first kappa shape index (κ1) is 9.46. The summed E-state index contributed by atoms with van der Waals surface area (Å²) in [5.74, 6) is 0.892. The van der Waals surface area contributed by atoms with Crippen LogP contribution in [0.2, 0.25) is 0 Å². The van der Waals surface area contributed by atoms with Crippen molar-refractivity contribution in [1.29, 1.82) is 0 Å². The molecule has 0 spiro atoms. The molecule has 1 aromatic heterocycles. The highest BCUT2D eigenvalue weighted by atomic mass is 32.1. The van der Waals surface area contributed by atoms with E-state index in [0.717, 1.165) is 22.7 Å². The van der Waals surface area contributed by atoms with Gasteiger partial charge in [-0.15, -0.1) is 11.3 Å². The minimum absolute atomic E-state index is 0.892. The fourth-order valence-corrected chi connectivity index (χ4v) is 2.43. The number of aromatic nitrogens is 1. The number of thiazole rings is 1. The molecule has 74 valence electrons. The topological polar surface area (TPSA) is 22.1 Å². The Morgan fingerprint density at radius 1 is 1.43 bits per heavy atom.